The first-order valence-electron chi connectivity index (χ1n) is 4.78. The van der Waals surface area contributed by atoms with E-state index in [9.17, 15) is 9.59 Å². The summed E-state index contributed by atoms with van der Waals surface area (Å²) in [5.74, 6) is -1.41. The highest BCUT2D eigenvalue weighted by Crippen LogP contribution is 1.90. The van der Waals surface area contributed by atoms with Gasteiger partial charge in [0.15, 0.2) is 0 Å². The van der Waals surface area contributed by atoms with Crippen LogP contribution in [-0.2, 0) is 9.59 Å². The Balaban J connectivity index is 3.44. The predicted octanol–water partition coefficient (Wildman–Crippen LogP) is -0.177. The maximum Gasteiger partial charge on any atom is 0.307 e. The Bertz CT molecular complexity index is 194. The smallest absolute Gasteiger partial charge is 0.307 e. The van der Waals surface area contributed by atoms with Gasteiger partial charge in [0, 0.05) is 13.1 Å². The third-order valence-electron chi connectivity index (χ3n) is 1.73. The molecule has 1 amide bonds. The summed E-state index contributed by atoms with van der Waals surface area (Å²) in [6.07, 6.45) is 0.900. The van der Waals surface area contributed by atoms with E-state index in [1.54, 1.807) is 6.92 Å². The van der Waals surface area contributed by atoms with Gasteiger partial charge in [0.1, 0.15) is 0 Å². The van der Waals surface area contributed by atoms with E-state index in [0.29, 0.717) is 13.1 Å². The van der Waals surface area contributed by atoms with Crippen molar-refractivity contribution in [2.45, 2.75) is 20.3 Å². The fourth-order valence-electron chi connectivity index (χ4n) is 0.816. The lowest BCUT2D eigenvalue weighted by atomic mass is 10.2. The Morgan fingerprint density at radius 1 is 1.43 bits per heavy atom. The van der Waals surface area contributed by atoms with Crippen LogP contribution in [0.5, 0.6) is 0 Å². The van der Waals surface area contributed by atoms with Crippen LogP contribution in [0, 0.1) is 5.92 Å². The fourth-order valence-corrected chi connectivity index (χ4v) is 0.816. The molecule has 0 bridgehead atoms. The molecule has 3 N–H and O–H groups in total. The second kappa shape index (κ2) is 7.32. The lowest BCUT2D eigenvalue weighted by Crippen LogP contribution is -2.37. The third kappa shape index (κ3) is 6.42. The van der Waals surface area contributed by atoms with Gasteiger partial charge in [-0.3, -0.25) is 9.59 Å². The molecule has 1 atom stereocenters. The second-order valence-corrected chi connectivity index (χ2v) is 3.22. The fraction of sp³-hybridized carbons (Fsp3) is 0.778. The zero-order chi connectivity index (χ0) is 11.0. The average molecular weight is 202 g/mol. The lowest BCUT2D eigenvalue weighted by Gasteiger charge is -2.08. The van der Waals surface area contributed by atoms with E-state index in [4.69, 9.17) is 5.11 Å². The number of nitrogens with one attached hydrogen (secondary N) is 2. The van der Waals surface area contributed by atoms with Gasteiger partial charge in [-0.2, -0.15) is 0 Å². The number of carboxylic acid groups (broad SMARTS) is 1. The van der Waals surface area contributed by atoms with Crippen LogP contribution in [0.2, 0.25) is 0 Å². The lowest BCUT2D eigenvalue weighted by molar-refractivity contribution is -0.141. The van der Waals surface area contributed by atoms with Crippen molar-refractivity contribution in [2.75, 3.05) is 19.6 Å². The summed E-state index contributed by atoms with van der Waals surface area (Å²) in [4.78, 5) is 21.4. The van der Waals surface area contributed by atoms with E-state index in [1.807, 2.05) is 6.92 Å². The standard InChI is InChI=1S/C9H18N2O3/c1-3-4-11-8(12)6-10-5-7(2)9(13)14/h7,10H,3-6H2,1-2H3,(H,11,12)(H,13,14). The van der Waals surface area contributed by atoms with E-state index in [-0.39, 0.29) is 12.5 Å². The van der Waals surface area contributed by atoms with Gasteiger partial charge >= 0.3 is 5.97 Å². The zero-order valence-electron chi connectivity index (χ0n) is 8.67. The van der Waals surface area contributed by atoms with Crippen LogP contribution in [0.3, 0.4) is 0 Å². The number of hydrogen-bond donors (Lipinski definition) is 3. The van der Waals surface area contributed by atoms with E-state index < -0.39 is 11.9 Å². The molecule has 5 heteroatoms. The maximum atomic E-state index is 11.0. The molecular formula is C9H18N2O3. The van der Waals surface area contributed by atoms with E-state index in [0.717, 1.165) is 6.42 Å². The van der Waals surface area contributed by atoms with Gasteiger partial charge in [0.2, 0.25) is 5.91 Å². The first-order valence-corrected chi connectivity index (χ1v) is 4.78. The van der Waals surface area contributed by atoms with Crippen molar-refractivity contribution in [1.29, 1.82) is 0 Å². The van der Waals surface area contributed by atoms with Crippen molar-refractivity contribution < 1.29 is 14.7 Å². The molecular weight excluding hydrogens is 184 g/mol. The van der Waals surface area contributed by atoms with Crippen molar-refractivity contribution in [1.82, 2.24) is 10.6 Å². The van der Waals surface area contributed by atoms with E-state index in [1.165, 1.54) is 0 Å². The normalized spacial score (nSPS) is 12.1. The molecule has 0 heterocycles. The molecule has 0 radical (unpaired) electrons. The topological polar surface area (TPSA) is 78.4 Å². The highest BCUT2D eigenvalue weighted by atomic mass is 16.4. The minimum absolute atomic E-state index is 0.0931. The van der Waals surface area contributed by atoms with Crippen LogP contribution in [0.15, 0.2) is 0 Å². The van der Waals surface area contributed by atoms with Crippen molar-refractivity contribution in [2.24, 2.45) is 5.92 Å². The first-order chi connectivity index (χ1) is 6.57. The molecule has 0 aliphatic heterocycles. The monoisotopic (exact) mass is 202 g/mol. The minimum Gasteiger partial charge on any atom is -0.481 e. The van der Waals surface area contributed by atoms with Gasteiger partial charge in [-0.05, 0) is 6.42 Å². The summed E-state index contributed by atoms with van der Waals surface area (Å²) in [5, 5.41) is 14.0. The SMILES string of the molecule is CCCNC(=O)CNCC(C)C(=O)O. The highest BCUT2D eigenvalue weighted by molar-refractivity contribution is 5.78. The first kappa shape index (κ1) is 12.9. The van der Waals surface area contributed by atoms with Gasteiger partial charge in [0.25, 0.3) is 0 Å². The summed E-state index contributed by atoms with van der Waals surface area (Å²) in [6, 6.07) is 0. The maximum absolute atomic E-state index is 11.0. The average Bonchev–Trinajstić information content (AvgIpc) is 2.14. The highest BCUT2D eigenvalue weighted by Gasteiger charge is 2.10. The molecule has 0 saturated carbocycles. The second-order valence-electron chi connectivity index (χ2n) is 3.22. The summed E-state index contributed by atoms with van der Waals surface area (Å²) in [7, 11) is 0. The molecule has 0 aromatic carbocycles. The quantitative estimate of drug-likeness (QED) is 0.535. The summed E-state index contributed by atoms with van der Waals surface area (Å²) in [5.41, 5.74) is 0. The van der Waals surface area contributed by atoms with Gasteiger partial charge in [0.05, 0.1) is 12.5 Å². The number of hydrogen-bond acceptors (Lipinski definition) is 3. The van der Waals surface area contributed by atoms with Crippen molar-refractivity contribution in [3.63, 3.8) is 0 Å². The van der Waals surface area contributed by atoms with Crippen LogP contribution >= 0.6 is 0 Å². The zero-order valence-corrected chi connectivity index (χ0v) is 8.67. The summed E-state index contributed by atoms with van der Waals surface area (Å²) in [6.45, 7) is 4.72. The number of amides is 1. The van der Waals surface area contributed by atoms with E-state index in [2.05, 4.69) is 10.6 Å². The molecule has 0 saturated heterocycles. The molecule has 0 aliphatic rings. The number of rotatable bonds is 7. The molecule has 0 fully saturated rings. The van der Waals surface area contributed by atoms with Crippen LogP contribution in [-0.4, -0.2) is 36.6 Å². The molecule has 14 heavy (non-hydrogen) atoms. The Hall–Kier alpha value is -1.10. The molecule has 0 aromatic rings. The van der Waals surface area contributed by atoms with Gasteiger partial charge < -0.3 is 15.7 Å². The van der Waals surface area contributed by atoms with Gasteiger partial charge in [-0.1, -0.05) is 13.8 Å². The predicted molar refractivity (Wildman–Crippen MR) is 53.0 cm³/mol. The Kier molecular flexibility index (Phi) is 6.74. The molecule has 0 aromatic heterocycles. The number of carboxylic acids is 1. The molecule has 0 rings (SSSR count). The van der Waals surface area contributed by atoms with Crippen molar-refractivity contribution in [3.8, 4) is 0 Å². The van der Waals surface area contributed by atoms with Gasteiger partial charge in [-0.15, -0.1) is 0 Å². The van der Waals surface area contributed by atoms with Crippen LogP contribution in [0.1, 0.15) is 20.3 Å². The molecule has 1 unspecified atom stereocenters. The summed E-state index contributed by atoms with van der Waals surface area (Å²) < 4.78 is 0. The van der Waals surface area contributed by atoms with Gasteiger partial charge in [-0.25, -0.2) is 0 Å². The van der Waals surface area contributed by atoms with E-state index >= 15 is 0 Å². The number of carbonyl (C=O) groups excluding carboxylic acids is 1. The van der Waals surface area contributed by atoms with Crippen LogP contribution in [0.25, 0.3) is 0 Å². The summed E-state index contributed by atoms with van der Waals surface area (Å²) >= 11 is 0. The Labute approximate surface area is 83.9 Å². The largest absolute Gasteiger partial charge is 0.481 e. The molecule has 82 valence electrons. The minimum atomic E-state index is -0.855. The van der Waals surface area contributed by atoms with Crippen LogP contribution < -0.4 is 10.6 Å². The molecule has 0 aliphatic carbocycles. The molecule has 5 nitrogen and oxygen atoms in total. The number of carbonyl (C=O) groups is 2. The molecule has 0 spiro atoms. The Morgan fingerprint density at radius 3 is 2.57 bits per heavy atom. The third-order valence-corrected chi connectivity index (χ3v) is 1.73. The van der Waals surface area contributed by atoms with Crippen LogP contribution in [0.4, 0.5) is 0 Å². The Morgan fingerprint density at radius 2 is 2.07 bits per heavy atom. The van der Waals surface area contributed by atoms with Crippen molar-refractivity contribution >= 4 is 11.9 Å². The van der Waals surface area contributed by atoms with Crippen molar-refractivity contribution in [3.05, 3.63) is 0 Å². The number of aliphatic carboxylic acids is 1.